The van der Waals surface area contributed by atoms with Crippen molar-refractivity contribution in [2.75, 3.05) is 26.3 Å². The molecule has 2 amide bonds. The van der Waals surface area contributed by atoms with Gasteiger partial charge in [0.05, 0.1) is 37.4 Å². The van der Waals surface area contributed by atoms with E-state index in [1.807, 2.05) is 27.7 Å². The molecule has 0 fully saturated rings. The number of hydrogen-bond acceptors (Lipinski definition) is 5. The lowest BCUT2D eigenvalue weighted by Crippen LogP contribution is -2.44. The Balaban J connectivity index is 4.00. The van der Waals surface area contributed by atoms with Gasteiger partial charge in [0.25, 0.3) is 0 Å². The number of aliphatic carboxylic acids is 1. The highest BCUT2D eigenvalue weighted by atomic mass is 16.5. The average Bonchev–Trinajstić information content (AvgIpc) is 2.41. The Morgan fingerprint density at radius 3 is 2.26 bits per heavy atom. The van der Waals surface area contributed by atoms with E-state index < -0.39 is 17.2 Å². The molecule has 134 valence electrons. The minimum absolute atomic E-state index is 0.0311. The van der Waals surface area contributed by atoms with Gasteiger partial charge in [-0.3, -0.25) is 14.4 Å². The van der Waals surface area contributed by atoms with E-state index >= 15 is 0 Å². The molecule has 0 saturated heterocycles. The molecule has 0 spiro atoms. The lowest BCUT2D eigenvalue weighted by atomic mass is 10.1. The van der Waals surface area contributed by atoms with Gasteiger partial charge in [0.2, 0.25) is 12.3 Å². The summed E-state index contributed by atoms with van der Waals surface area (Å²) in [6, 6.07) is 0. The van der Waals surface area contributed by atoms with Crippen LogP contribution in [0.25, 0.3) is 0 Å². The van der Waals surface area contributed by atoms with Crippen molar-refractivity contribution in [2.24, 2.45) is 0 Å². The summed E-state index contributed by atoms with van der Waals surface area (Å²) in [6.07, 6.45) is 1.03. The molecule has 8 nitrogen and oxygen atoms in total. The molecule has 8 heteroatoms. The van der Waals surface area contributed by atoms with Crippen molar-refractivity contribution in [3.63, 3.8) is 0 Å². The zero-order valence-corrected chi connectivity index (χ0v) is 14.3. The fourth-order valence-corrected chi connectivity index (χ4v) is 1.62. The van der Waals surface area contributed by atoms with E-state index in [-0.39, 0.29) is 25.5 Å². The van der Waals surface area contributed by atoms with Crippen LogP contribution in [0.4, 0.5) is 0 Å². The van der Waals surface area contributed by atoms with Gasteiger partial charge >= 0.3 is 5.97 Å². The second-order valence-corrected chi connectivity index (χ2v) is 6.39. The maximum atomic E-state index is 11.4. The molecule has 0 aromatic rings. The van der Waals surface area contributed by atoms with Crippen molar-refractivity contribution in [1.29, 1.82) is 0 Å². The molecule has 0 aromatic heterocycles. The van der Waals surface area contributed by atoms with Crippen molar-refractivity contribution in [2.45, 2.75) is 51.7 Å². The van der Waals surface area contributed by atoms with Crippen molar-refractivity contribution in [3.05, 3.63) is 0 Å². The minimum Gasteiger partial charge on any atom is -0.481 e. The van der Waals surface area contributed by atoms with Crippen LogP contribution in [0.1, 0.15) is 40.5 Å². The van der Waals surface area contributed by atoms with Crippen molar-refractivity contribution in [1.82, 2.24) is 10.6 Å². The molecule has 0 aromatic carbocycles. The number of ether oxygens (including phenoxy) is 2. The highest BCUT2D eigenvalue weighted by Gasteiger charge is 2.23. The highest BCUT2D eigenvalue weighted by Crippen LogP contribution is 2.17. The van der Waals surface area contributed by atoms with Gasteiger partial charge in [-0.25, -0.2) is 0 Å². The number of carboxylic acid groups (broad SMARTS) is 1. The Morgan fingerprint density at radius 1 is 1.09 bits per heavy atom. The molecular weight excluding hydrogens is 304 g/mol. The summed E-state index contributed by atoms with van der Waals surface area (Å²) < 4.78 is 11.3. The van der Waals surface area contributed by atoms with Gasteiger partial charge in [-0.2, -0.15) is 0 Å². The Kier molecular flexibility index (Phi) is 9.43. The van der Waals surface area contributed by atoms with Crippen LogP contribution < -0.4 is 10.6 Å². The number of carbonyl (C=O) groups is 3. The van der Waals surface area contributed by atoms with Crippen molar-refractivity contribution >= 4 is 18.3 Å². The smallest absolute Gasteiger partial charge is 0.305 e. The molecule has 0 aliphatic heterocycles. The largest absolute Gasteiger partial charge is 0.481 e. The topological polar surface area (TPSA) is 114 Å². The van der Waals surface area contributed by atoms with E-state index in [1.165, 1.54) is 0 Å². The van der Waals surface area contributed by atoms with Crippen LogP contribution in [0.15, 0.2) is 0 Å². The highest BCUT2D eigenvalue weighted by molar-refractivity contribution is 5.79. The third-order valence-corrected chi connectivity index (χ3v) is 3.06. The molecule has 0 unspecified atom stereocenters. The molecule has 0 heterocycles. The Hall–Kier alpha value is -1.67. The summed E-state index contributed by atoms with van der Waals surface area (Å²) in [7, 11) is 0. The first-order valence-corrected chi connectivity index (χ1v) is 7.51. The molecule has 23 heavy (non-hydrogen) atoms. The number of hydrogen-bond donors (Lipinski definition) is 3. The van der Waals surface area contributed by atoms with Crippen molar-refractivity contribution < 1.29 is 29.0 Å². The number of amides is 2. The van der Waals surface area contributed by atoms with Gasteiger partial charge in [0.1, 0.15) is 0 Å². The van der Waals surface area contributed by atoms with Gasteiger partial charge in [0, 0.05) is 6.54 Å². The van der Waals surface area contributed by atoms with E-state index in [1.54, 1.807) is 0 Å². The number of nitrogens with one attached hydrogen (secondary N) is 2. The maximum Gasteiger partial charge on any atom is 0.305 e. The van der Waals surface area contributed by atoms with Crippen LogP contribution in [0.2, 0.25) is 0 Å². The Bertz CT molecular complexity index is 395. The molecule has 0 aliphatic carbocycles. The monoisotopic (exact) mass is 332 g/mol. The SMILES string of the molecule is CC(C)(CCOC(C)(C)CNC(=O)CNC=O)OCCC(=O)O. The number of rotatable bonds is 13. The van der Waals surface area contributed by atoms with Crippen LogP contribution in [0, 0.1) is 0 Å². The lowest BCUT2D eigenvalue weighted by Gasteiger charge is -2.29. The number of carboxylic acids is 1. The van der Waals surface area contributed by atoms with E-state index in [0.29, 0.717) is 26.0 Å². The maximum absolute atomic E-state index is 11.4. The zero-order valence-electron chi connectivity index (χ0n) is 14.3. The summed E-state index contributed by atoms with van der Waals surface area (Å²) in [5, 5.41) is 13.5. The number of carbonyl (C=O) groups excluding carboxylic acids is 2. The standard InChI is InChI=1S/C15H28N2O6/c1-14(2,22-7-5-13(20)21)6-8-23-15(3,4)10-17-12(19)9-16-11-18/h11H,5-10H2,1-4H3,(H,16,18)(H,17,19)(H,20,21). The summed E-state index contributed by atoms with van der Waals surface area (Å²) in [5.74, 6) is -1.18. The molecule has 0 saturated carbocycles. The predicted molar refractivity (Wildman–Crippen MR) is 84.0 cm³/mol. The quantitative estimate of drug-likeness (QED) is 0.418. The van der Waals surface area contributed by atoms with Gasteiger partial charge in [-0.1, -0.05) is 0 Å². The summed E-state index contributed by atoms with van der Waals surface area (Å²) in [4.78, 5) is 32.0. The minimum atomic E-state index is -0.891. The van der Waals surface area contributed by atoms with Crippen LogP contribution >= 0.6 is 0 Å². The molecular formula is C15H28N2O6. The first kappa shape index (κ1) is 21.3. The first-order valence-electron chi connectivity index (χ1n) is 7.51. The van der Waals surface area contributed by atoms with Gasteiger partial charge in [-0.05, 0) is 34.1 Å². The molecule has 0 bridgehead atoms. The molecule has 3 N–H and O–H groups in total. The summed E-state index contributed by atoms with van der Waals surface area (Å²) >= 11 is 0. The van der Waals surface area contributed by atoms with Gasteiger partial charge < -0.3 is 25.2 Å². The summed E-state index contributed by atoms with van der Waals surface area (Å²) in [6.45, 7) is 8.26. The molecule has 0 aliphatic rings. The predicted octanol–water partition coefficient (Wildman–Crippen LogP) is 0.304. The fourth-order valence-electron chi connectivity index (χ4n) is 1.62. The second kappa shape index (κ2) is 10.2. The van der Waals surface area contributed by atoms with E-state index in [0.717, 1.165) is 0 Å². The van der Waals surface area contributed by atoms with Crippen LogP contribution in [0.3, 0.4) is 0 Å². The van der Waals surface area contributed by atoms with Crippen molar-refractivity contribution in [3.8, 4) is 0 Å². The second-order valence-electron chi connectivity index (χ2n) is 6.39. The normalized spacial score (nSPS) is 11.8. The third-order valence-electron chi connectivity index (χ3n) is 3.06. The van der Waals surface area contributed by atoms with Crippen LogP contribution in [-0.2, 0) is 23.9 Å². The van der Waals surface area contributed by atoms with Crippen LogP contribution in [-0.4, -0.2) is 60.9 Å². The Morgan fingerprint density at radius 2 is 1.70 bits per heavy atom. The van der Waals surface area contributed by atoms with E-state index in [9.17, 15) is 14.4 Å². The third kappa shape index (κ3) is 12.5. The Labute approximate surface area is 136 Å². The molecule has 0 radical (unpaired) electrons. The first-order chi connectivity index (χ1) is 10.6. The van der Waals surface area contributed by atoms with Gasteiger partial charge in [-0.15, -0.1) is 0 Å². The van der Waals surface area contributed by atoms with E-state index in [2.05, 4.69) is 10.6 Å². The fraction of sp³-hybridized carbons (Fsp3) is 0.800. The molecule has 0 atom stereocenters. The summed E-state index contributed by atoms with van der Waals surface area (Å²) in [5.41, 5.74) is -1.04. The molecule has 0 rings (SSSR count). The average molecular weight is 332 g/mol. The van der Waals surface area contributed by atoms with E-state index in [4.69, 9.17) is 14.6 Å². The van der Waals surface area contributed by atoms with Gasteiger partial charge in [0.15, 0.2) is 0 Å². The van der Waals surface area contributed by atoms with Crippen LogP contribution in [0.5, 0.6) is 0 Å². The lowest BCUT2D eigenvalue weighted by molar-refractivity contribution is -0.140. The zero-order chi connectivity index (χ0) is 17.9.